The van der Waals surface area contributed by atoms with Gasteiger partial charge in [0.1, 0.15) is 0 Å². The van der Waals surface area contributed by atoms with Crippen LogP contribution in [0, 0.1) is 0 Å². The number of hydrogen-bond donors (Lipinski definition) is 2. The molecule has 0 bridgehead atoms. The molecule has 0 aliphatic heterocycles. The van der Waals surface area contributed by atoms with E-state index >= 15 is 0 Å². The highest BCUT2D eigenvalue weighted by atomic mass is 35.5. The predicted molar refractivity (Wildman–Crippen MR) is 102 cm³/mol. The highest BCUT2D eigenvalue weighted by Gasteiger charge is 2.06. The van der Waals surface area contributed by atoms with Crippen LogP contribution in [0.2, 0.25) is 10.0 Å². The summed E-state index contributed by atoms with van der Waals surface area (Å²) in [6.07, 6.45) is 0. The Morgan fingerprint density at radius 1 is 1.04 bits per heavy atom. The Morgan fingerprint density at radius 3 is 2.33 bits per heavy atom. The number of nitrogens with one attached hydrogen (secondary N) is 2. The Morgan fingerprint density at radius 2 is 1.71 bits per heavy atom. The number of nitrogens with zero attached hydrogens (tertiary/aromatic N) is 1. The number of carbonyl (C=O) groups excluding carboxylic acids is 1. The summed E-state index contributed by atoms with van der Waals surface area (Å²) in [7, 11) is 0. The molecule has 0 aliphatic carbocycles. The summed E-state index contributed by atoms with van der Waals surface area (Å²) < 4.78 is 0. The molecule has 2 N–H and O–H groups in total. The van der Waals surface area contributed by atoms with Crippen molar-refractivity contribution in [1.29, 1.82) is 0 Å². The van der Waals surface area contributed by atoms with Crippen LogP contribution in [-0.4, -0.2) is 10.9 Å². The van der Waals surface area contributed by atoms with Crippen LogP contribution in [0.3, 0.4) is 0 Å². The highest BCUT2D eigenvalue weighted by Crippen LogP contribution is 2.30. The topological polar surface area (TPSA) is 54.0 Å². The van der Waals surface area contributed by atoms with Gasteiger partial charge in [0, 0.05) is 39.3 Å². The Hall–Kier alpha value is -2.08. The maximum atomic E-state index is 11.0. The number of aromatic nitrogens is 1. The van der Waals surface area contributed by atoms with Crippen molar-refractivity contribution in [3.8, 4) is 11.3 Å². The number of carbonyl (C=O) groups is 1. The van der Waals surface area contributed by atoms with Gasteiger partial charge in [-0.05, 0) is 30.3 Å². The fraction of sp³-hybridized carbons (Fsp3) is 0.0588. The summed E-state index contributed by atoms with van der Waals surface area (Å²) in [5.41, 5.74) is 3.37. The lowest BCUT2D eigenvalue weighted by atomic mass is 10.1. The van der Waals surface area contributed by atoms with E-state index in [1.54, 1.807) is 18.2 Å². The highest BCUT2D eigenvalue weighted by molar-refractivity contribution is 7.14. The monoisotopic (exact) mass is 377 g/mol. The van der Waals surface area contributed by atoms with Crippen LogP contribution in [0.5, 0.6) is 0 Å². The van der Waals surface area contributed by atoms with Crippen molar-refractivity contribution in [1.82, 2.24) is 4.98 Å². The third kappa shape index (κ3) is 4.26. The van der Waals surface area contributed by atoms with Crippen molar-refractivity contribution in [2.45, 2.75) is 6.92 Å². The number of hydrogen-bond acceptors (Lipinski definition) is 4. The van der Waals surface area contributed by atoms with Gasteiger partial charge < -0.3 is 10.6 Å². The third-order valence-corrected chi connectivity index (χ3v) is 4.31. The zero-order valence-corrected chi connectivity index (χ0v) is 15.0. The maximum Gasteiger partial charge on any atom is 0.221 e. The molecule has 7 heteroatoms. The van der Waals surface area contributed by atoms with Gasteiger partial charge in [-0.2, -0.15) is 0 Å². The summed E-state index contributed by atoms with van der Waals surface area (Å²) in [6.45, 7) is 1.48. The van der Waals surface area contributed by atoms with Gasteiger partial charge >= 0.3 is 0 Å². The molecule has 0 saturated carbocycles. The lowest BCUT2D eigenvalue weighted by molar-refractivity contribution is -0.114. The van der Waals surface area contributed by atoms with Crippen LogP contribution >= 0.6 is 34.5 Å². The lowest BCUT2D eigenvalue weighted by Gasteiger charge is -2.04. The second-order valence-electron chi connectivity index (χ2n) is 5.08. The minimum absolute atomic E-state index is 0.0944. The molecule has 2 aromatic carbocycles. The molecule has 1 heterocycles. The Bertz CT molecular complexity index is 858. The van der Waals surface area contributed by atoms with Crippen LogP contribution in [0.4, 0.5) is 16.5 Å². The van der Waals surface area contributed by atoms with E-state index in [2.05, 4.69) is 15.6 Å². The van der Waals surface area contributed by atoms with Gasteiger partial charge in [-0.3, -0.25) is 4.79 Å². The van der Waals surface area contributed by atoms with E-state index in [1.807, 2.05) is 29.6 Å². The average molecular weight is 378 g/mol. The summed E-state index contributed by atoms with van der Waals surface area (Å²) in [6, 6.07) is 12.8. The number of rotatable bonds is 4. The first-order valence-corrected chi connectivity index (χ1v) is 8.70. The van der Waals surface area contributed by atoms with Gasteiger partial charge in [0.25, 0.3) is 0 Å². The molecule has 4 nitrogen and oxygen atoms in total. The van der Waals surface area contributed by atoms with E-state index in [4.69, 9.17) is 23.2 Å². The predicted octanol–water partition coefficient (Wildman–Crippen LogP) is 5.82. The number of benzene rings is 2. The molecule has 0 unspecified atom stereocenters. The number of thiazole rings is 1. The minimum Gasteiger partial charge on any atom is -0.331 e. The van der Waals surface area contributed by atoms with E-state index in [0.717, 1.165) is 27.8 Å². The third-order valence-electron chi connectivity index (χ3n) is 3.12. The van der Waals surface area contributed by atoms with Crippen LogP contribution < -0.4 is 10.6 Å². The van der Waals surface area contributed by atoms with Crippen molar-refractivity contribution >= 4 is 57.0 Å². The van der Waals surface area contributed by atoms with Crippen molar-refractivity contribution in [3.05, 3.63) is 57.9 Å². The smallest absolute Gasteiger partial charge is 0.221 e. The molecule has 0 atom stereocenters. The number of amides is 1. The molecular weight excluding hydrogens is 365 g/mol. The lowest BCUT2D eigenvalue weighted by Crippen LogP contribution is -2.05. The molecule has 0 spiro atoms. The molecule has 0 aliphatic rings. The van der Waals surface area contributed by atoms with Crippen LogP contribution in [-0.2, 0) is 4.79 Å². The van der Waals surface area contributed by atoms with E-state index in [9.17, 15) is 4.79 Å². The van der Waals surface area contributed by atoms with Gasteiger partial charge in [-0.25, -0.2) is 4.98 Å². The molecule has 0 saturated heterocycles. The van der Waals surface area contributed by atoms with Gasteiger partial charge in [0.05, 0.1) is 5.69 Å². The van der Waals surface area contributed by atoms with Gasteiger partial charge in [0.2, 0.25) is 5.91 Å². The first kappa shape index (κ1) is 16.8. The second kappa shape index (κ2) is 7.21. The molecule has 3 rings (SSSR count). The van der Waals surface area contributed by atoms with Gasteiger partial charge in [0.15, 0.2) is 5.13 Å². The zero-order chi connectivity index (χ0) is 17.1. The Balaban J connectivity index is 1.76. The van der Waals surface area contributed by atoms with E-state index < -0.39 is 0 Å². The molecule has 122 valence electrons. The first-order valence-electron chi connectivity index (χ1n) is 7.06. The fourth-order valence-corrected chi connectivity index (χ4v) is 3.41. The van der Waals surface area contributed by atoms with E-state index in [-0.39, 0.29) is 5.91 Å². The van der Waals surface area contributed by atoms with Crippen molar-refractivity contribution in [3.63, 3.8) is 0 Å². The molecule has 3 aromatic rings. The average Bonchev–Trinajstić information content (AvgIpc) is 2.94. The second-order valence-corrected chi connectivity index (χ2v) is 6.81. The molecule has 0 fully saturated rings. The quantitative estimate of drug-likeness (QED) is 0.602. The Kier molecular flexibility index (Phi) is 5.04. The van der Waals surface area contributed by atoms with Crippen LogP contribution in [0.15, 0.2) is 47.8 Å². The zero-order valence-electron chi connectivity index (χ0n) is 12.6. The standard InChI is InChI=1S/C17H13Cl2N3OS/c1-10(23)20-14-4-2-11(3-5-14)16-9-24-17(22-16)21-15-7-12(18)6-13(19)8-15/h2-9H,1H3,(H,20,23)(H,21,22). The molecule has 1 aromatic heterocycles. The summed E-state index contributed by atoms with van der Waals surface area (Å²) in [5, 5.41) is 9.77. The molecule has 0 radical (unpaired) electrons. The van der Waals surface area contributed by atoms with Crippen LogP contribution in [0.25, 0.3) is 11.3 Å². The van der Waals surface area contributed by atoms with E-state index in [1.165, 1.54) is 18.3 Å². The fourth-order valence-electron chi connectivity index (χ4n) is 2.14. The van der Waals surface area contributed by atoms with Gasteiger partial charge in [-0.1, -0.05) is 35.3 Å². The Labute approximate surface area is 153 Å². The largest absolute Gasteiger partial charge is 0.331 e. The van der Waals surface area contributed by atoms with E-state index in [0.29, 0.717) is 10.0 Å². The van der Waals surface area contributed by atoms with Crippen molar-refractivity contribution in [2.24, 2.45) is 0 Å². The van der Waals surface area contributed by atoms with Crippen LogP contribution in [0.1, 0.15) is 6.92 Å². The molecule has 24 heavy (non-hydrogen) atoms. The summed E-state index contributed by atoms with van der Waals surface area (Å²) in [4.78, 5) is 15.6. The number of halogens is 2. The summed E-state index contributed by atoms with van der Waals surface area (Å²) >= 11 is 13.5. The first-order chi connectivity index (χ1) is 11.5. The minimum atomic E-state index is -0.0944. The SMILES string of the molecule is CC(=O)Nc1ccc(-c2csc(Nc3cc(Cl)cc(Cl)c3)n2)cc1. The maximum absolute atomic E-state index is 11.0. The van der Waals surface area contributed by atoms with Gasteiger partial charge in [-0.15, -0.1) is 11.3 Å². The van der Waals surface area contributed by atoms with Crippen molar-refractivity contribution < 1.29 is 4.79 Å². The summed E-state index contributed by atoms with van der Waals surface area (Å²) in [5.74, 6) is -0.0944. The number of anilines is 3. The van der Waals surface area contributed by atoms with Crippen molar-refractivity contribution in [2.75, 3.05) is 10.6 Å². The normalized spacial score (nSPS) is 10.5. The molecule has 1 amide bonds. The molecular formula is C17H13Cl2N3OS.